The summed E-state index contributed by atoms with van der Waals surface area (Å²) >= 11 is 0. The first-order chi connectivity index (χ1) is 11.8. The number of phenols is 1. The van der Waals surface area contributed by atoms with Gasteiger partial charge in [0, 0.05) is 20.0 Å². The van der Waals surface area contributed by atoms with Gasteiger partial charge in [-0.1, -0.05) is 6.07 Å². The Hall–Kier alpha value is -2.57. The molecule has 1 aliphatic carbocycles. The van der Waals surface area contributed by atoms with Gasteiger partial charge < -0.3 is 20.4 Å². The maximum Gasteiger partial charge on any atom is 0.326 e. The molecule has 7 heteroatoms. The normalized spacial score (nSPS) is 14.3. The third kappa shape index (κ3) is 4.29. The summed E-state index contributed by atoms with van der Waals surface area (Å²) < 4.78 is 0. The Morgan fingerprint density at radius 2 is 1.92 bits per heavy atom. The first-order valence-electron chi connectivity index (χ1n) is 8.44. The summed E-state index contributed by atoms with van der Waals surface area (Å²) in [5, 5.41) is 22.4. The molecule has 25 heavy (non-hydrogen) atoms. The smallest absolute Gasteiger partial charge is 0.326 e. The van der Waals surface area contributed by atoms with Gasteiger partial charge in [0.05, 0.1) is 5.56 Å². The van der Waals surface area contributed by atoms with E-state index in [-0.39, 0.29) is 30.3 Å². The SMILES string of the molecule is CC(=O)NCCN(C(=O)c1ccc2c(c1O)CCCC2)C(C)C(=O)O. The summed E-state index contributed by atoms with van der Waals surface area (Å²) in [6, 6.07) is 2.32. The molecule has 2 amide bonds. The molecule has 1 aromatic carbocycles. The Bertz CT molecular complexity index is 686. The van der Waals surface area contributed by atoms with Crippen LogP contribution in [0.4, 0.5) is 0 Å². The lowest BCUT2D eigenvalue weighted by Crippen LogP contribution is -2.46. The highest BCUT2D eigenvalue weighted by atomic mass is 16.4. The van der Waals surface area contributed by atoms with E-state index in [9.17, 15) is 24.6 Å². The number of hydrogen-bond donors (Lipinski definition) is 3. The minimum Gasteiger partial charge on any atom is -0.507 e. The minimum absolute atomic E-state index is 0.0441. The molecule has 1 atom stereocenters. The summed E-state index contributed by atoms with van der Waals surface area (Å²) in [7, 11) is 0. The van der Waals surface area contributed by atoms with Gasteiger partial charge in [-0.05, 0) is 49.8 Å². The number of nitrogens with one attached hydrogen (secondary N) is 1. The minimum atomic E-state index is -1.14. The van der Waals surface area contributed by atoms with Crippen LogP contribution in [0.15, 0.2) is 12.1 Å². The number of nitrogens with zero attached hydrogens (tertiary/aromatic N) is 1. The number of fused-ring (bicyclic) bond motifs is 1. The van der Waals surface area contributed by atoms with Crippen molar-refractivity contribution in [1.29, 1.82) is 0 Å². The van der Waals surface area contributed by atoms with Crippen LogP contribution in [0, 0.1) is 0 Å². The number of rotatable bonds is 6. The second-order valence-electron chi connectivity index (χ2n) is 6.30. The van der Waals surface area contributed by atoms with Crippen molar-refractivity contribution in [2.45, 2.75) is 45.6 Å². The van der Waals surface area contributed by atoms with E-state index < -0.39 is 17.9 Å². The highest BCUT2D eigenvalue weighted by Crippen LogP contribution is 2.32. The highest BCUT2D eigenvalue weighted by Gasteiger charge is 2.29. The number of hydrogen-bond acceptors (Lipinski definition) is 4. The number of carboxylic acids is 1. The Morgan fingerprint density at radius 3 is 2.56 bits per heavy atom. The van der Waals surface area contributed by atoms with Crippen LogP contribution in [-0.4, -0.2) is 52.0 Å². The molecule has 0 bridgehead atoms. The maximum atomic E-state index is 12.9. The van der Waals surface area contributed by atoms with Crippen molar-refractivity contribution >= 4 is 17.8 Å². The molecule has 0 heterocycles. The van der Waals surface area contributed by atoms with Crippen molar-refractivity contribution in [2.75, 3.05) is 13.1 Å². The number of carbonyl (C=O) groups excluding carboxylic acids is 2. The van der Waals surface area contributed by atoms with Crippen molar-refractivity contribution in [3.05, 3.63) is 28.8 Å². The van der Waals surface area contributed by atoms with Crippen LogP contribution in [0.5, 0.6) is 5.75 Å². The van der Waals surface area contributed by atoms with Crippen molar-refractivity contribution < 1.29 is 24.6 Å². The van der Waals surface area contributed by atoms with E-state index in [1.54, 1.807) is 6.07 Å². The van der Waals surface area contributed by atoms with Crippen LogP contribution in [0.25, 0.3) is 0 Å². The molecule has 0 fully saturated rings. The predicted molar refractivity (Wildman–Crippen MR) is 91.6 cm³/mol. The zero-order chi connectivity index (χ0) is 18.6. The van der Waals surface area contributed by atoms with Gasteiger partial charge in [0.1, 0.15) is 11.8 Å². The molecule has 0 aliphatic heterocycles. The third-order valence-electron chi connectivity index (χ3n) is 4.55. The molecule has 0 saturated carbocycles. The van der Waals surface area contributed by atoms with E-state index in [1.807, 2.05) is 6.07 Å². The van der Waals surface area contributed by atoms with E-state index in [4.69, 9.17) is 0 Å². The molecular weight excluding hydrogens is 324 g/mol. The monoisotopic (exact) mass is 348 g/mol. The third-order valence-corrected chi connectivity index (χ3v) is 4.55. The quantitative estimate of drug-likeness (QED) is 0.719. The summed E-state index contributed by atoms with van der Waals surface area (Å²) in [5.41, 5.74) is 1.93. The average Bonchev–Trinajstić information content (AvgIpc) is 2.58. The van der Waals surface area contributed by atoms with Gasteiger partial charge in [0.15, 0.2) is 0 Å². The van der Waals surface area contributed by atoms with Crippen molar-refractivity contribution in [1.82, 2.24) is 10.2 Å². The second-order valence-corrected chi connectivity index (χ2v) is 6.30. The fourth-order valence-corrected chi connectivity index (χ4v) is 3.09. The van der Waals surface area contributed by atoms with E-state index in [0.717, 1.165) is 35.3 Å². The van der Waals surface area contributed by atoms with Gasteiger partial charge >= 0.3 is 5.97 Å². The van der Waals surface area contributed by atoms with Crippen LogP contribution in [0.3, 0.4) is 0 Å². The largest absolute Gasteiger partial charge is 0.507 e. The van der Waals surface area contributed by atoms with Gasteiger partial charge in [-0.15, -0.1) is 0 Å². The van der Waals surface area contributed by atoms with Crippen LogP contribution in [-0.2, 0) is 22.4 Å². The standard InChI is InChI=1S/C18H24N2O5/c1-11(18(24)25)20(10-9-19-12(2)21)17(23)15-8-7-13-5-3-4-6-14(13)16(15)22/h7-8,11,22H,3-6,9-10H2,1-2H3,(H,19,21)(H,24,25). The van der Waals surface area contributed by atoms with Crippen molar-refractivity contribution in [2.24, 2.45) is 0 Å². The molecule has 0 radical (unpaired) electrons. The zero-order valence-corrected chi connectivity index (χ0v) is 14.5. The van der Waals surface area contributed by atoms with Gasteiger partial charge in [0.2, 0.25) is 5.91 Å². The summed E-state index contributed by atoms with van der Waals surface area (Å²) in [5.74, 6) is -2.00. The molecular formula is C18H24N2O5. The first kappa shape index (κ1) is 18.8. The Balaban J connectivity index is 2.28. The lowest BCUT2D eigenvalue weighted by molar-refractivity contribution is -0.141. The van der Waals surface area contributed by atoms with Crippen LogP contribution in [0.2, 0.25) is 0 Å². The maximum absolute atomic E-state index is 12.9. The number of aliphatic carboxylic acids is 1. The molecule has 0 aromatic heterocycles. The lowest BCUT2D eigenvalue weighted by Gasteiger charge is -2.28. The summed E-state index contributed by atoms with van der Waals surface area (Å²) in [6.45, 7) is 2.94. The van der Waals surface area contributed by atoms with Gasteiger partial charge in [-0.2, -0.15) is 0 Å². The number of carbonyl (C=O) groups is 3. The van der Waals surface area contributed by atoms with Crippen LogP contribution < -0.4 is 5.32 Å². The van der Waals surface area contributed by atoms with Gasteiger partial charge in [-0.3, -0.25) is 9.59 Å². The Kier molecular flexibility index (Phi) is 6.01. The molecule has 3 N–H and O–H groups in total. The molecule has 0 spiro atoms. The van der Waals surface area contributed by atoms with Crippen LogP contribution in [0.1, 0.15) is 48.2 Å². The van der Waals surface area contributed by atoms with E-state index in [2.05, 4.69) is 5.32 Å². The number of carboxylic acid groups (broad SMARTS) is 1. The van der Waals surface area contributed by atoms with E-state index in [0.29, 0.717) is 6.42 Å². The predicted octanol–water partition coefficient (Wildman–Crippen LogP) is 1.32. The van der Waals surface area contributed by atoms with Crippen molar-refractivity contribution in [3.8, 4) is 5.75 Å². The first-order valence-corrected chi connectivity index (χ1v) is 8.44. The number of aromatic hydroxyl groups is 1. The Labute approximate surface area is 146 Å². The summed E-state index contributed by atoms with van der Waals surface area (Å²) in [4.78, 5) is 36.4. The van der Waals surface area contributed by atoms with Gasteiger partial charge in [-0.25, -0.2) is 4.79 Å². The molecule has 1 unspecified atom stereocenters. The number of phenolic OH excluding ortho intramolecular Hbond substituents is 1. The molecule has 2 rings (SSSR count). The summed E-state index contributed by atoms with van der Waals surface area (Å²) in [6.07, 6.45) is 3.59. The molecule has 1 aromatic rings. The number of aryl methyl sites for hydroxylation is 1. The van der Waals surface area contributed by atoms with Crippen molar-refractivity contribution in [3.63, 3.8) is 0 Å². The second kappa shape index (κ2) is 8.00. The van der Waals surface area contributed by atoms with E-state index in [1.165, 1.54) is 13.8 Å². The fourth-order valence-electron chi connectivity index (χ4n) is 3.09. The molecule has 7 nitrogen and oxygen atoms in total. The lowest BCUT2D eigenvalue weighted by atomic mass is 9.89. The average molecular weight is 348 g/mol. The number of amides is 2. The zero-order valence-electron chi connectivity index (χ0n) is 14.5. The topological polar surface area (TPSA) is 107 Å². The van der Waals surface area contributed by atoms with Gasteiger partial charge in [0.25, 0.3) is 5.91 Å². The molecule has 0 saturated heterocycles. The molecule has 136 valence electrons. The highest BCUT2D eigenvalue weighted by molar-refractivity contribution is 5.99. The molecule has 1 aliphatic rings. The van der Waals surface area contributed by atoms with Crippen LogP contribution >= 0.6 is 0 Å². The fraction of sp³-hybridized carbons (Fsp3) is 0.500. The van der Waals surface area contributed by atoms with E-state index >= 15 is 0 Å². The Morgan fingerprint density at radius 1 is 1.24 bits per heavy atom. The number of benzene rings is 1.